The largest absolute Gasteiger partial charge is 0.466 e. The molecule has 15 heavy (non-hydrogen) atoms. The summed E-state index contributed by atoms with van der Waals surface area (Å²) in [6.45, 7) is 2.15. The quantitative estimate of drug-likeness (QED) is 0.557. The van der Waals surface area contributed by atoms with Gasteiger partial charge in [-0.05, 0) is 23.6 Å². The Hall–Kier alpha value is -1.57. The number of carbonyl (C=O) groups is 1. The molecule has 1 aromatic carbocycles. The van der Waals surface area contributed by atoms with E-state index in [1.807, 2.05) is 12.1 Å². The molecule has 0 fully saturated rings. The maximum absolute atomic E-state index is 10.9. The topological polar surface area (TPSA) is 26.3 Å². The number of carbonyl (C=O) groups excluding carboxylic acids is 1. The molecule has 0 spiro atoms. The van der Waals surface area contributed by atoms with Gasteiger partial charge in [-0.25, -0.2) is 4.79 Å². The van der Waals surface area contributed by atoms with Gasteiger partial charge in [-0.2, -0.15) is 0 Å². The van der Waals surface area contributed by atoms with Gasteiger partial charge in [0.2, 0.25) is 0 Å². The molecule has 0 saturated carbocycles. The van der Waals surface area contributed by atoms with Crippen molar-refractivity contribution >= 4 is 12.0 Å². The van der Waals surface area contributed by atoms with Gasteiger partial charge in [0.25, 0.3) is 0 Å². The molecule has 1 aromatic rings. The zero-order chi connectivity index (χ0) is 11.1. The SMILES string of the molecule is CCCc1cccc(C=CC(=O)OC)c1. The maximum atomic E-state index is 10.9. The van der Waals surface area contributed by atoms with E-state index in [2.05, 4.69) is 23.8 Å². The van der Waals surface area contributed by atoms with Gasteiger partial charge in [0.15, 0.2) is 0 Å². The van der Waals surface area contributed by atoms with Crippen molar-refractivity contribution in [2.75, 3.05) is 7.11 Å². The third kappa shape index (κ3) is 3.98. The average Bonchev–Trinajstić information content (AvgIpc) is 2.27. The lowest BCUT2D eigenvalue weighted by atomic mass is 10.1. The Kier molecular flexibility index (Phi) is 4.61. The van der Waals surface area contributed by atoms with Crippen molar-refractivity contribution in [3.8, 4) is 0 Å². The fourth-order valence-electron chi connectivity index (χ4n) is 1.37. The van der Waals surface area contributed by atoms with E-state index < -0.39 is 0 Å². The van der Waals surface area contributed by atoms with E-state index in [4.69, 9.17) is 0 Å². The summed E-state index contributed by atoms with van der Waals surface area (Å²) in [4.78, 5) is 10.9. The first-order valence-corrected chi connectivity index (χ1v) is 5.11. The Morgan fingerprint density at radius 3 is 2.93 bits per heavy atom. The summed E-state index contributed by atoms with van der Waals surface area (Å²) in [6.07, 6.45) is 5.40. The molecule has 0 saturated heterocycles. The molecule has 0 unspecified atom stereocenters. The van der Waals surface area contributed by atoms with E-state index in [1.54, 1.807) is 6.08 Å². The van der Waals surface area contributed by atoms with Crippen LogP contribution in [0.4, 0.5) is 0 Å². The fourth-order valence-corrected chi connectivity index (χ4v) is 1.37. The van der Waals surface area contributed by atoms with Crippen LogP contribution in [0.3, 0.4) is 0 Å². The number of methoxy groups -OCH3 is 1. The van der Waals surface area contributed by atoms with Crippen molar-refractivity contribution in [3.63, 3.8) is 0 Å². The van der Waals surface area contributed by atoms with Crippen molar-refractivity contribution in [3.05, 3.63) is 41.5 Å². The molecule has 0 radical (unpaired) electrons. The van der Waals surface area contributed by atoms with Crippen LogP contribution < -0.4 is 0 Å². The minimum atomic E-state index is -0.323. The van der Waals surface area contributed by atoms with Gasteiger partial charge in [-0.3, -0.25) is 0 Å². The lowest BCUT2D eigenvalue weighted by Gasteiger charge is -1.99. The number of hydrogen-bond donors (Lipinski definition) is 0. The summed E-state index contributed by atoms with van der Waals surface area (Å²) in [6, 6.07) is 8.16. The maximum Gasteiger partial charge on any atom is 0.330 e. The summed E-state index contributed by atoms with van der Waals surface area (Å²) in [5.41, 5.74) is 2.33. The van der Waals surface area contributed by atoms with E-state index in [1.165, 1.54) is 18.7 Å². The molecule has 0 atom stereocenters. The van der Waals surface area contributed by atoms with Gasteiger partial charge in [0, 0.05) is 6.08 Å². The molecular weight excluding hydrogens is 188 g/mol. The Labute approximate surface area is 90.6 Å². The zero-order valence-electron chi connectivity index (χ0n) is 9.19. The number of benzene rings is 1. The van der Waals surface area contributed by atoms with Crippen molar-refractivity contribution in [2.24, 2.45) is 0 Å². The second-order valence-electron chi connectivity index (χ2n) is 3.35. The van der Waals surface area contributed by atoms with Crippen LogP contribution in [0.1, 0.15) is 24.5 Å². The summed E-state index contributed by atoms with van der Waals surface area (Å²) in [7, 11) is 1.38. The summed E-state index contributed by atoms with van der Waals surface area (Å²) < 4.78 is 4.52. The molecule has 0 aliphatic carbocycles. The number of aryl methyl sites for hydroxylation is 1. The highest BCUT2D eigenvalue weighted by atomic mass is 16.5. The van der Waals surface area contributed by atoms with Gasteiger partial charge in [-0.1, -0.05) is 37.6 Å². The van der Waals surface area contributed by atoms with Gasteiger partial charge in [-0.15, -0.1) is 0 Å². The monoisotopic (exact) mass is 204 g/mol. The summed E-state index contributed by atoms with van der Waals surface area (Å²) >= 11 is 0. The number of ether oxygens (including phenoxy) is 1. The van der Waals surface area contributed by atoms with Crippen LogP contribution in [0.5, 0.6) is 0 Å². The van der Waals surface area contributed by atoms with Crippen LogP contribution in [-0.4, -0.2) is 13.1 Å². The van der Waals surface area contributed by atoms with Gasteiger partial charge >= 0.3 is 5.97 Å². The third-order valence-corrected chi connectivity index (χ3v) is 2.10. The average molecular weight is 204 g/mol. The van der Waals surface area contributed by atoms with Crippen LogP contribution in [0.2, 0.25) is 0 Å². The van der Waals surface area contributed by atoms with Crippen molar-refractivity contribution in [1.29, 1.82) is 0 Å². The van der Waals surface area contributed by atoms with E-state index >= 15 is 0 Å². The molecule has 0 bridgehead atoms. The van der Waals surface area contributed by atoms with Crippen LogP contribution in [0, 0.1) is 0 Å². The van der Waals surface area contributed by atoms with Gasteiger partial charge in [0.1, 0.15) is 0 Å². The van der Waals surface area contributed by atoms with Crippen molar-refractivity contribution in [1.82, 2.24) is 0 Å². The Morgan fingerprint density at radius 1 is 1.47 bits per heavy atom. The van der Waals surface area contributed by atoms with Gasteiger partial charge < -0.3 is 4.74 Å². The molecule has 0 aliphatic rings. The van der Waals surface area contributed by atoms with Crippen molar-refractivity contribution < 1.29 is 9.53 Å². The molecule has 0 heterocycles. The highest BCUT2D eigenvalue weighted by Crippen LogP contribution is 2.09. The standard InChI is InChI=1S/C13H16O2/c1-3-5-11-6-4-7-12(10-11)8-9-13(14)15-2/h4,6-10H,3,5H2,1-2H3. The molecule has 1 rings (SSSR count). The van der Waals surface area contributed by atoms with E-state index in [0.29, 0.717) is 0 Å². The van der Waals surface area contributed by atoms with Gasteiger partial charge in [0.05, 0.1) is 7.11 Å². The predicted octanol–water partition coefficient (Wildman–Crippen LogP) is 2.83. The van der Waals surface area contributed by atoms with E-state index in [-0.39, 0.29) is 5.97 Å². The first-order valence-electron chi connectivity index (χ1n) is 5.11. The second kappa shape index (κ2) is 6.02. The van der Waals surface area contributed by atoms with E-state index in [9.17, 15) is 4.79 Å². The molecule has 0 amide bonds. The summed E-state index contributed by atoms with van der Waals surface area (Å²) in [5.74, 6) is -0.323. The predicted molar refractivity (Wildman–Crippen MR) is 61.5 cm³/mol. The third-order valence-electron chi connectivity index (χ3n) is 2.10. The molecular formula is C13H16O2. The molecule has 2 heteroatoms. The van der Waals surface area contributed by atoms with Crippen LogP contribution in [0.15, 0.2) is 30.3 Å². The molecule has 0 aliphatic heterocycles. The molecule has 2 nitrogen and oxygen atoms in total. The highest BCUT2D eigenvalue weighted by Gasteiger charge is 1.94. The summed E-state index contributed by atoms with van der Waals surface area (Å²) in [5, 5.41) is 0. The lowest BCUT2D eigenvalue weighted by Crippen LogP contribution is -1.93. The number of hydrogen-bond acceptors (Lipinski definition) is 2. The smallest absolute Gasteiger partial charge is 0.330 e. The first-order chi connectivity index (χ1) is 7.26. The molecule has 0 aromatic heterocycles. The normalized spacial score (nSPS) is 10.5. The Morgan fingerprint density at radius 2 is 2.27 bits per heavy atom. The molecule has 0 N–H and O–H groups in total. The van der Waals surface area contributed by atoms with E-state index in [0.717, 1.165) is 18.4 Å². The van der Waals surface area contributed by atoms with Crippen LogP contribution in [0.25, 0.3) is 6.08 Å². The minimum Gasteiger partial charge on any atom is -0.466 e. The Bertz CT molecular complexity index is 353. The second-order valence-corrected chi connectivity index (χ2v) is 3.35. The number of esters is 1. The molecule has 80 valence electrons. The zero-order valence-corrected chi connectivity index (χ0v) is 9.19. The van der Waals surface area contributed by atoms with Crippen molar-refractivity contribution in [2.45, 2.75) is 19.8 Å². The van der Waals surface area contributed by atoms with Crippen LogP contribution >= 0.6 is 0 Å². The highest BCUT2D eigenvalue weighted by molar-refractivity contribution is 5.86. The minimum absolute atomic E-state index is 0.323. The Balaban J connectivity index is 2.73. The first kappa shape index (κ1) is 11.5. The van der Waals surface area contributed by atoms with Crippen LogP contribution in [-0.2, 0) is 16.0 Å². The number of rotatable bonds is 4. The fraction of sp³-hybridized carbons (Fsp3) is 0.308. The lowest BCUT2D eigenvalue weighted by molar-refractivity contribution is -0.134.